The first-order valence-electron chi connectivity index (χ1n) is 6.86. The van der Waals surface area contributed by atoms with E-state index in [1.54, 1.807) is 0 Å². The molecule has 0 aromatic heterocycles. The van der Waals surface area contributed by atoms with Gasteiger partial charge in [-0.05, 0) is 35.7 Å². The Hall–Kier alpha value is -2.56. The van der Waals surface area contributed by atoms with Crippen LogP contribution in [0.1, 0.15) is 12.8 Å². The molecule has 2 aromatic carbocycles. The van der Waals surface area contributed by atoms with E-state index in [1.807, 2.05) is 42.5 Å². The van der Waals surface area contributed by atoms with Gasteiger partial charge >= 0.3 is 12.0 Å². The number of fused-ring (bicyclic) bond motifs is 1. The molecule has 0 heterocycles. The first kappa shape index (κ1) is 13.4. The quantitative estimate of drug-likeness (QED) is 0.807. The SMILES string of the molecule is O=C(NCC1(C(=O)O)CC1)Nc1ccc2ccccc2c1. The molecule has 1 aliphatic rings. The van der Waals surface area contributed by atoms with E-state index < -0.39 is 11.4 Å². The van der Waals surface area contributed by atoms with Crippen molar-refractivity contribution in [1.29, 1.82) is 0 Å². The summed E-state index contributed by atoms with van der Waals surface area (Å²) in [4.78, 5) is 22.9. The summed E-state index contributed by atoms with van der Waals surface area (Å²) >= 11 is 0. The molecule has 1 fully saturated rings. The van der Waals surface area contributed by atoms with Gasteiger partial charge in [0.05, 0.1) is 5.41 Å². The molecule has 3 N–H and O–H groups in total. The van der Waals surface area contributed by atoms with Gasteiger partial charge in [-0.15, -0.1) is 0 Å². The summed E-state index contributed by atoms with van der Waals surface area (Å²) in [5.41, 5.74) is -0.0628. The lowest BCUT2D eigenvalue weighted by Crippen LogP contribution is -2.36. The molecule has 1 saturated carbocycles. The van der Waals surface area contributed by atoms with Crippen molar-refractivity contribution in [3.63, 3.8) is 0 Å². The third-order valence-corrected chi connectivity index (χ3v) is 3.90. The number of carboxylic acids is 1. The molecule has 0 unspecified atom stereocenters. The molecule has 21 heavy (non-hydrogen) atoms. The zero-order valence-electron chi connectivity index (χ0n) is 11.4. The Balaban J connectivity index is 1.62. The van der Waals surface area contributed by atoms with E-state index in [-0.39, 0.29) is 12.6 Å². The molecular weight excluding hydrogens is 268 g/mol. The number of rotatable bonds is 4. The second-order valence-electron chi connectivity index (χ2n) is 5.46. The monoisotopic (exact) mass is 284 g/mol. The zero-order valence-corrected chi connectivity index (χ0v) is 11.4. The van der Waals surface area contributed by atoms with E-state index in [9.17, 15) is 9.59 Å². The third kappa shape index (κ3) is 2.81. The Morgan fingerprint density at radius 3 is 2.48 bits per heavy atom. The maximum Gasteiger partial charge on any atom is 0.319 e. The van der Waals surface area contributed by atoms with Crippen molar-refractivity contribution in [2.75, 3.05) is 11.9 Å². The first-order valence-corrected chi connectivity index (χ1v) is 6.86. The molecule has 3 rings (SSSR count). The van der Waals surface area contributed by atoms with Crippen LogP contribution >= 0.6 is 0 Å². The van der Waals surface area contributed by atoms with E-state index in [0.717, 1.165) is 10.8 Å². The summed E-state index contributed by atoms with van der Waals surface area (Å²) in [5.74, 6) is -0.839. The summed E-state index contributed by atoms with van der Waals surface area (Å²) in [6.45, 7) is 0.168. The first-order chi connectivity index (χ1) is 10.1. The molecule has 0 bridgehead atoms. The van der Waals surface area contributed by atoms with Crippen molar-refractivity contribution in [3.05, 3.63) is 42.5 Å². The van der Waals surface area contributed by atoms with Crippen LogP contribution in [0.3, 0.4) is 0 Å². The van der Waals surface area contributed by atoms with E-state index in [0.29, 0.717) is 18.5 Å². The minimum Gasteiger partial charge on any atom is -0.481 e. The molecule has 0 radical (unpaired) electrons. The van der Waals surface area contributed by atoms with E-state index in [2.05, 4.69) is 10.6 Å². The van der Waals surface area contributed by atoms with Crippen LogP contribution in [0, 0.1) is 5.41 Å². The van der Waals surface area contributed by atoms with Crippen LogP contribution in [0.15, 0.2) is 42.5 Å². The number of hydrogen-bond donors (Lipinski definition) is 3. The molecule has 108 valence electrons. The lowest BCUT2D eigenvalue weighted by Gasteiger charge is -2.12. The number of amides is 2. The van der Waals surface area contributed by atoms with E-state index >= 15 is 0 Å². The van der Waals surface area contributed by atoms with Gasteiger partial charge in [0.2, 0.25) is 0 Å². The van der Waals surface area contributed by atoms with Crippen LogP contribution in [0.25, 0.3) is 10.8 Å². The molecular formula is C16H16N2O3. The number of hydrogen-bond acceptors (Lipinski definition) is 2. The molecule has 0 aliphatic heterocycles. The molecule has 0 saturated heterocycles. The Morgan fingerprint density at radius 2 is 1.81 bits per heavy atom. The Kier molecular flexibility index (Phi) is 3.25. The highest BCUT2D eigenvalue weighted by Gasteiger charge is 2.50. The van der Waals surface area contributed by atoms with Crippen LogP contribution in [0.5, 0.6) is 0 Å². The fraction of sp³-hybridized carbons (Fsp3) is 0.250. The third-order valence-electron chi connectivity index (χ3n) is 3.90. The van der Waals surface area contributed by atoms with Crippen LogP contribution in [-0.2, 0) is 4.79 Å². The van der Waals surface area contributed by atoms with Gasteiger partial charge in [-0.3, -0.25) is 4.79 Å². The summed E-state index contributed by atoms with van der Waals surface area (Å²) in [6.07, 6.45) is 1.25. The highest BCUT2D eigenvalue weighted by Crippen LogP contribution is 2.45. The minimum atomic E-state index is -0.839. The number of aliphatic carboxylic acids is 1. The predicted octanol–water partition coefficient (Wildman–Crippen LogP) is 2.83. The molecule has 0 atom stereocenters. The second kappa shape index (κ2) is 5.09. The molecule has 5 nitrogen and oxygen atoms in total. The van der Waals surface area contributed by atoms with Gasteiger partial charge in [0.25, 0.3) is 0 Å². The van der Waals surface area contributed by atoms with Crippen molar-refractivity contribution in [2.45, 2.75) is 12.8 Å². The number of carboxylic acid groups (broad SMARTS) is 1. The minimum absolute atomic E-state index is 0.168. The van der Waals surface area contributed by atoms with Crippen molar-refractivity contribution in [1.82, 2.24) is 5.32 Å². The zero-order chi connectivity index (χ0) is 14.9. The topological polar surface area (TPSA) is 78.4 Å². The van der Waals surface area contributed by atoms with Gasteiger partial charge in [-0.25, -0.2) is 4.79 Å². The second-order valence-corrected chi connectivity index (χ2v) is 5.46. The molecule has 0 spiro atoms. The predicted molar refractivity (Wildman–Crippen MR) is 80.3 cm³/mol. The van der Waals surface area contributed by atoms with Gasteiger partial charge in [0, 0.05) is 12.2 Å². The lowest BCUT2D eigenvalue weighted by atomic mass is 10.1. The van der Waals surface area contributed by atoms with Crippen LogP contribution in [0.4, 0.5) is 10.5 Å². The van der Waals surface area contributed by atoms with Crippen molar-refractivity contribution >= 4 is 28.5 Å². The van der Waals surface area contributed by atoms with Crippen LogP contribution < -0.4 is 10.6 Å². The summed E-state index contributed by atoms with van der Waals surface area (Å²) in [7, 11) is 0. The van der Waals surface area contributed by atoms with Crippen molar-refractivity contribution in [3.8, 4) is 0 Å². The van der Waals surface area contributed by atoms with Gasteiger partial charge in [-0.2, -0.15) is 0 Å². The number of benzene rings is 2. The molecule has 2 amide bonds. The van der Waals surface area contributed by atoms with Gasteiger partial charge in [0.1, 0.15) is 0 Å². The highest BCUT2D eigenvalue weighted by molar-refractivity contribution is 5.93. The van der Waals surface area contributed by atoms with E-state index in [4.69, 9.17) is 5.11 Å². The summed E-state index contributed by atoms with van der Waals surface area (Å²) < 4.78 is 0. The average Bonchev–Trinajstić information content (AvgIpc) is 3.26. The fourth-order valence-corrected chi connectivity index (χ4v) is 2.31. The smallest absolute Gasteiger partial charge is 0.319 e. The standard InChI is InChI=1S/C16H16N2O3/c19-14(20)16(7-8-16)10-17-15(21)18-13-6-5-11-3-1-2-4-12(11)9-13/h1-6,9H,7-8,10H2,(H,19,20)(H2,17,18,21). The number of carbonyl (C=O) groups excluding carboxylic acids is 1. The van der Waals surface area contributed by atoms with Gasteiger partial charge in [-0.1, -0.05) is 30.3 Å². The molecule has 1 aliphatic carbocycles. The Morgan fingerprint density at radius 1 is 1.10 bits per heavy atom. The van der Waals surface area contributed by atoms with Crippen LogP contribution in [-0.4, -0.2) is 23.7 Å². The number of nitrogens with one attached hydrogen (secondary N) is 2. The van der Waals surface area contributed by atoms with Gasteiger partial charge in [0.15, 0.2) is 0 Å². The average molecular weight is 284 g/mol. The number of carbonyl (C=O) groups is 2. The largest absolute Gasteiger partial charge is 0.481 e. The summed E-state index contributed by atoms with van der Waals surface area (Å²) in [5, 5.41) is 16.6. The van der Waals surface area contributed by atoms with Crippen molar-refractivity contribution in [2.24, 2.45) is 5.41 Å². The number of anilines is 1. The Bertz CT molecular complexity index is 707. The summed E-state index contributed by atoms with van der Waals surface area (Å²) in [6, 6.07) is 13.2. The molecule has 5 heteroatoms. The van der Waals surface area contributed by atoms with Crippen molar-refractivity contribution < 1.29 is 14.7 Å². The maximum atomic E-state index is 11.8. The van der Waals surface area contributed by atoms with Crippen LogP contribution in [0.2, 0.25) is 0 Å². The fourth-order valence-electron chi connectivity index (χ4n) is 2.31. The number of urea groups is 1. The van der Waals surface area contributed by atoms with E-state index in [1.165, 1.54) is 0 Å². The molecule has 2 aromatic rings. The lowest BCUT2D eigenvalue weighted by molar-refractivity contribution is -0.143. The normalized spacial score (nSPS) is 15.4. The highest BCUT2D eigenvalue weighted by atomic mass is 16.4. The Labute approximate surface area is 122 Å². The maximum absolute atomic E-state index is 11.8. The van der Waals surface area contributed by atoms with Gasteiger partial charge < -0.3 is 15.7 Å².